The molecule has 0 aliphatic carbocycles. The van der Waals surface area contributed by atoms with E-state index in [1.54, 1.807) is 0 Å². The molecule has 30 heavy (non-hydrogen) atoms. The van der Waals surface area contributed by atoms with E-state index in [4.69, 9.17) is 9.72 Å². The van der Waals surface area contributed by atoms with Crippen LogP contribution in [-0.2, 0) is 17.8 Å². The van der Waals surface area contributed by atoms with E-state index in [-0.39, 0.29) is 12.5 Å². The number of carbonyl (C=O) groups excluding carboxylic acids is 1. The Kier molecular flexibility index (Phi) is 6.09. The van der Waals surface area contributed by atoms with Crippen molar-refractivity contribution >= 4 is 16.9 Å². The molecule has 0 fully saturated rings. The highest BCUT2D eigenvalue weighted by Gasteiger charge is 2.12. The van der Waals surface area contributed by atoms with E-state index in [0.717, 1.165) is 23.4 Å². The van der Waals surface area contributed by atoms with Crippen molar-refractivity contribution in [3.63, 3.8) is 0 Å². The molecular formula is C25H25N3O2. The first-order valence-corrected chi connectivity index (χ1v) is 10.1. The molecule has 0 radical (unpaired) electrons. The Hall–Kier alpha value is -3.60. The van der Waals surface area contributed by atoms with Gasteiger partial charge in [-0.3, -0.25) is 4.79 Å². The Morgan fingerprint density at radius 2 is 1.70 bits per heavy atom. The van der Waals surface area contributed by atoms with Gasteiger partial charge in [-0.25, -0.2) is 4.98 Å². The Morgan fingerprint density at radius 3 is 2.53 bits per heavy atom. The van der Waals surface area contributed by atoms with Gasteiger partial charge in [0.15, 0.2) is 6.61 Å². The van der Waals surface area contributed by atoms with Crippen LogP contribution in [0.4, 0.5) is 0 Å². The van der Waals surface area contributed by atoms with E-state index in [9.17, 15) is 4.79 Å². The zero-order valence-corrected chi connectivity index (χ0v) is 17.0. The average molecular weight is 399 g/mol. The Morgan fingerprint density at radius 1 is 0.967 bits per heavy atom. The SMILES string of the molecule is Cc1ccccc1Cn1c(CCNC(=O)COc2ccccc2)nc2ccccc21. The predicted molar refractivity (Wildman–Crippen MR) is 119 cm³/mol. The summed E-state index contributed by atoms with van der Waals surface area (Å²) in [6.07, 6.45) is 0.650. The summed E-state index contributed by atoms with van der Waals surface area (Å²) in [6, 6.07) is 25.9. The Balaban J connectivity index is 1.42. The summed E-state index contributed by atoms with van der Waals surface area (Å²) in [4.78, 5) is 16.9. The second kappa shape index (κ2) is 9.27. The van der Waals surface area contributed by atoms with Gasteiger partial charge in [-0.15, -0.1) is 0 Å². The van der Waals surface area contributed by atoms with Gasteiger partial charge in [-0.2, -0.15) is 0 Å². The zero-order valence-electron chi connectivity index (χ0n) is 17.0. The Bertz CT molecular complexity index is 1140. The van der Waals surface area contributed by atoms with Crippen molar-refractivity contribution in [3.8, 4) is 5.75 Å². The van der Waals surface area contributed by atoms with Gasteiger partial charge in [0.2, 0.25) is 0 Å². The lowest BCUT2D eigenvalue weighted by molar-refractivity contribution is -0.123. The molecule has 0 atom stereocenters. The van der Waals surface area contributed by atoms with Gasteiger partial charge in [0.25, 0.3) is 5.91 Å². The zero-order chi connectivity index (χ0) is 20.8. The van der Waals surface area contributed by atoms with E-state index >= 15 is 0 Å². The lowest BCUT2D eigenvalue weighted by Crippen LogP contribution is -2.31. The minimum atomic E-state index is -0.139. The number of rotatable bonds is 8. The standard InChI is InChI=1S/C25H25N3O2/c1-19-9-5-6-10-20(19)17-28-23-14-8-7-13-22(23)27-24(28)15-16-26-25(29)18-30-21-11-3-2-4-12-21/h2-14H,15-18H2,1H3,(H,26,29). The average Bonchev–Trinajstić information content (AvgIpc) is 3.12. The van der Waals surface area contributed by atoms with Gasteiger partial charge in [-0.05, 0) is 42.3 Å². The van der Waals surface area contributed by atoms with Crippen LogP contribution >= 0.6 is 0 Å². The largest absolute Gasteiger partial charge is 0.484 e. The number of hydrogen-bond acceptors (Lipinski definition) is 3. The van der Waals surface area contributed by atoms with Crippen molar-refractivity contribution < 1.29 is 9.53 Å². The van der Waals surface area contributed by atoms with Crippen LogP contribution in [0.15, 0.2) is 78.9 Å². The number of aromatic nitrogens is 2. The first-order chi connectivity index (χ1) is 14.7. The molecule has 0 aliphatic rings. The topological polar surface area (TPSA) is 56.2 Å². The van der Waals surface area contributed by atoms with E-state index in [2.05, 4.69) is 47.1 Å². The van der Waals surface area contributed by atoms with Crippen molar-refractivity contribution in [2.45, 2.75) is 19.9 Å². The molecule has 0 saturated carbocycles. The van der Waals surface area contributed by atoms with Crippen molar-refractivity contribution in [2.75, 3.05) is 13.2 Å². The smallest absolute Gasteiger partial charge is 0.257 e. The number of benzene rings is 3. The quantitative estimate of drug-likeness (QED) is 0.485. The summed E-state index contributed by atoms with van der Waals surface area (Å²) in [7, 11) is 0. The summed E-state index contributed by atoms with van der Waals surface area (Å²) in [6.45, 7) is 3.40. The van der Waals surface area contributed by atoms with Crippen molar-refractivity contribution in [1.82, 2.24) is 14.9 Å². The summed E-state index contributed by atoms with van der Waals surface area (Å²) < 4.78 is 7.74. The normalized spacial score (nSPS) is 10.8. The molecule has 5 heteroatoms. The molecular weight excluding hydrogens is 374 g/mol. The van der Waals surface area contributed by atoms with Gasteiger partial charge in [0, 0.05) is 19.5 Å². The fourth-order valence-electron chi connectivity index (χ4n) is 3.48. The summed E-state index contributed by atoms with van der Waals surface area (Å²) in [5.74, 6) is 1.51. The highest BCUT2D eigenvalue weighted by Crippen LogP contribution is 2.19. The van der Waals surface area contributed by atoms with Crippen LogP contribution < -0.4 is 10.1 Å². The summed E-state index contributed by atoms with van der Waals surface area (Å²) in [5, 5.41) is 2.93. The molecule has 4 aromatic rings. The van der Waals surface area contributed by atoms with Crippen LogP contribution in [0.1, 0.15) is 17.0 Å². The number of ether oxygens (including phenoxy) is 1. The van der Waals surface area contributed by atoms with Gasteiger partial charge in [-0.1, -0.05) is 54.6 Å². The van der Waals surface area contributed by atoms with Crippen molar-refractivity contribution in [1.29, 1.82) is 0 Å². The fraction of sp³-hybridized carbons (Fsp3) is 0.200. The third kappa shape index (κ3) is 4.69. The lowest BCUT2D eigenvalue weighted by Gasteiger charge is -2.12. The van der Waals surface area contributed by atoms with Crippen LogP contribution in [0.5, 0.6) is 5.75 Å². The minimum absolute atomic E-state index is 0.00361. The van der Waals surface area contributed by atoms with Crippen molar-refractivity contribution in [3.05, 3.63) is 95.8 Å². The van der Waals surface area contributed by atoms with Crippen LogP contribution in [-0.4, -0.2) is 28.6 Å². The molecule has 1 aromatic heterocycles. The number of nitrogens with one attached hydrogen (secondary N) is 1. The summed E-state index contributed by atoms with van der Waals surface area (Å²) in [5.41, 5.74) is 4.60. The number of aryl methyl sites for hydroxylation is 1. The monoisotopic (exact) mass is 399 g/mol. The third-order valence-corrected chi connectivity index (χ3v) is 5.11. The number of amides is 1. The van der Waals surface area contributed by atoms with Crippen molar-refractivity contribution in [2.24, 2.45) is 0 Å². The molecule has 0 aliphatic heterocycles. The first-order valence-electron chi connectivity index (χ1n) is 10.1. The van der Waals surface area contributed by atoms with Gasteiger partial charge >= 0.3 is 0 Å². The molecule has 4 rings (SSSR count). The minimum Gasteiger partial charge on any atom is -0.484 e. The number of hydrogen-bond donors (Lipinski definition) is 1. The first kappa shape index (κ1) is 19.7. The summed E-state index contributed by atoms with van der Waals surface area (Å²) >= 11 is 0. The molecule has 5 nitrogen and oxygen atoms in total. The molecule has 0 bridgehead atoms. The maximum Gasteiger partial charge on any atom is 0.257 e. The molecule has 1 N–H and O–H groups in total. The second-order valence-corrected chi connectivity index (χ2v) is 7.23. The van der Waals surface area contributed by atoms with Crippen LogP contribution in [0.2, 0.25) is 0 Å². The molecule has 1 amide bonds. The van der Waals surface area contributed by atoms with E-state index < -0.39 is 0 Å². The van der Waals surface area contributed by atoms with Crippen LogP contribution in [0.3, 0.4) is 0 Å². The number of nitrogens with zero attached hydrogens (tertiary/aromatic N) is 2. The van der Waals surface area contributed by atoms with E-state index in [1.165, 1.54) is 11.1 Å². The van der Waals surface area contributed by atoms with Gasteiger partial charge in [0.1, 0.15) is 11.6 Å². The highest BCUT2D eigenvalue weighted by atomic mass is 16.5. The molecule has 0 unspecified atom stereocenters. The number of imidazole rings is 1. The lowest BCUT2D eigenvalue weighted by atomic mass is 10.1. The third-order valence-electron chi connectivity index (χ3n) is 5.11. The van der Waals surface area contributed by atoms with Gasteiger partial charge < -0.3 is 14.6 Å². The highest BCUT2D eigenvalue weighted by molar-refractivity contribution is 5.78. The maximum atomic E-state index is 12.1. The molecule has 3 aromatic carbocycles. The number of carbonyl (C=O) groups is 1. The maximum absolute atomic E-state index is 12.1. The molecule has 152 valence electrons. The molecule has 0 spiro atoms. The molecule has 0 saturated heterocycles. The fourth-order valence-corrected chi connectivity index (χ4v) is 3.48. The molecule has 1 heterocycles. The van der Waals surface area contributed by atoms with Crippen LogP contribution in [0, 0.1) is 6.92 Å². The number of fused-ring (bicyclic) bond motifs is 1. The van der Waals surface area contributed by atoms with E-state index in [0.29, 0.717) is 18.7 Å². The number of para-hydroxylation sites is 3. The van der Waals surface area contributed by atoms with Crippen LogP contribution in [0.25, 0.3) is 11.0 Å². The Labute approximate surface area is 176 Å². The predicted octanol–water partition coefficient (Wildman–Crippen LogP) is 4.13. The second-order valence-electron chi connectivity index (χ2n) is 7.23. The van der Waals surface area contributed by atoms with Gasteiger partial charge in [0.05, 0.1) is 11.0 Å². The van der Waals surface area contributed by atoms with E-state index in [1.807, 2.05) is 48.5 Å².